The molecule has 0 saturated carbocycles. The molecule has 0 aliphatic carbocycles. The molecule has 5 nitrogen and oxygen atoms in total. The molecule has 0 saturated heterocycles. The molecule has 3 rings (SSSR count). The Bertz CT molecular complexity index is 1030. The Morgan fingerprint density at radius 1 is 0.818 bits per heavy atom. The zero-order valence-corrected chi connectivity index (χ0v) is 17.6. The second-order valence-electron chi connectivity index (χ2n) is 7.33. The van der Waals surface area contributed by atoms with Crippen LogP contribution in [0.15, 0.2) is 84.9 Å². The highest BCUT2D eigenvalue weighted by atomic mass is 19.4. The first-order chi connectivity index (χ1) is 15.7. The lowest BCUT2D eigenvalue weighted by atomic mass is 9.84. The number of rotatable bonds is 7. The van der Waals surface area contributed by atoms with Crippen molar-refractivity contribution < 1.29 is 32.6 Å². The van der Waals surface area contributed by atoms with E-state index in [4.69, 9.17) is 4.74 Å². The van der Waals surface area contributed by atoms with Crippen LogP contribution >= 0.6 is 0 Å². The topological polar surface area (TPSA) is 75.6 Å². The van der Waals surface area contributed by atoms with Crippen molar-refractivity contribution in [3.8, 4) is 0 Å². The van der Waals surface area contributed by atoms with Crippen molar-refractivity contribution in [2.45, 2.75) is 24.2 Å². The first-order valence-corrected chi connectivity index (χ1v) is 10.1. The summed E-state index contributed by atoms with van der Waals surface area (Å²) in [6, 6.07) is 20.4. The van der Waals surface area contributed by atoms with Gasteiger partial charge in [0, 0.05) is 5.92 Å². The fourth-order valence-corrected chi connectivity index (χ4v) is 3.54. The summed E-state index contributed by atoms with van der Waals surface area (Å²) in [5.74, 6) is -2.31. The predicted molar refractivity (Wildman–Crippen MR) is 115 cm³/mol. The van der Waals surface area contributed by atoms with Crippen LogP contribution < -0.4 is 5.32 Å². The van der Waals surface area contributed by atoms with E-state index in [1.165, 1.54) is 7.11 Å². The zero-order valence-electron chi connectivity index (χ0n) is 17.6. The minimum atomic E-state index is -4.54. The molecule has 1 amide bonds. The highest BCUT2D eigenvalue weighted by Crippen LogP contribution is 2.31. The molecule has 172 valence electrons. The third-order valence-corrected chi connectivity index (χ3v) is 5.21. The van der Waals surface area contributed by atoms with E-state index >= 15 is 0 Å². The number of methoxy groups -OCH3 is 1. The second-order valence-corrected chi connectivity index (χ2v) is 7.33. The van der Waals surface area contributed by atoms with Crippen molar-refractivity contribution in [1.82, 2.24) is 5.32 Å². The van der Waals surface area contributed by atoms with Gasteiger partial charge in [-0.3, -0.25) is 4.79 Å². The largest absolute Gasteiger partial charge is 0.467 e. The average Bonchev–Trinajstić information content (AvgIpc) is 2.83. The highest BCUT2D eigenvalue weighted by Gasteiger charge is 2.35. The Labute approximate surface area is 188 Å². The lowest BCUT2D eigenvalue weighted by molar-refractivity contribution is -0.146. The van der Waals surface area contributed by atoms with Gasteiger partial charge in [-0.1, -0.05) is 72.8 Å². The van der Waals surface area contributed by atoms with Crippen LogP contribution in [0.5, 0.6) is 0 Å². The minimum absolute atomic E-state index is 0.0416. The summed E-state index contributed by atoms with van der Waals surface area (Å²) in [7, 11) is 1.18. The van der Waals surface area contributed by atoms with Crippen LogP contribution in [0.3, 0.4) is 0 Å². The van der Waals surface area contributed by atoms with Gasteiger partial charge >= 0.3 is 12.1 Å². The molecule has 3 aromatic rings. The van der Waals surface area contributed by atoms with E-state index in [2.05, 4.69) is 5.32 Å². The van der Waals surface area contributed by atoms with Crippen LogP contribution in [-0.2, 0) is 20.5 Å². The number of halogens is 3. The molecule has 3 aromatic carbocycles. The quantitative estimate of drug-likeness (QED) is 0.521. The molecule has 0 aromatic heterocycles. The molecular formula is C25H22F3NO4. The Hall–Kier alpha value is -3.65. The van der Waals surface area contributed by atoms with Gasteiger partial charge in [-0.2, -0.15) is 13.2 Å². The maximum atomic E-state index is 12.8. The number of aliphatic hydroxyl groups is 1. The summed E-state index contributed by atoms with van der Waals surface area (Å²) < 4.78 is 43.3. The van der Waals surface area contributed by atoms with Gasteiger partial charge in [0.2, 0.25) is 0 Å². The van der Waals surface area contributed by atoms with E-state index < -0.39 is 41.7 Å². The Balaban J connectivity index is 1.92. The first kappa shape index (κ1) is 24.0. The highest BCUT2D eigenvalue weighted by molar-refractivity contribution is 5.88. The number of carbonyl (C=O) groups is 2. The maximum absolute atomic E-state index is 12.8. The van der Waals surface area contributed by atoms with Gasteiger partial charge in [-0.25, -0.2) is 4.79 Å². The Morgan fingerprint density at radius 3 is 1.73 bits per heavy atom. The smallest absolute Gasteiger partial charge is 0.416 e. The minimum Gasteiger partial charge on any atom is -0.467 e. The number of aliphatic hydroxyl groups excluding tert-OH is 1. The van der Waals surface area contributed by atoms with Gasteiger partial charge in [-0.05, 0) is 28.8 Å². The normalized spacial score (nSPS) is 13.3. The van der Waals surface area contributed by atoms with Crippen LogP contribution in [0.25, 0.3) is 0 Å². The summed E-state index contributed by atoms with van der Waals surface area (Å²) in [4.78, 5) is 25.5. The monoisotopic (exact) mass is 457 g/mol. The van der Waals surface area contributed by atoms with E-state index in [1.807, 2.05) is 12.1 Å². The van der Waals surface area contributed by atoms with Gasteiger partial charge in [0.1, 0.15) is 6.04 Å². The molecule has 0 aliphatic heterocycles. The molecule has 2 atom stereocenters. The van der Waals surface area contributed by atoms with Crippen molar-refractivity contribution in [3.63, 3.8) is 0 Å². The number of nitrogens with one attached hydrogen (secondary N) is 1. The average molecular weight is 457 g/mol. The van der Waals surface area contributed by atoms with E-state index in [1.54, 1.807) is 48.5 Å². The molecule has 0 bridgehead atoms. The molecule has 0 spiro atoms. The Kier molecular flexibility index (Phi) is 7.50. The predicted octanol–water partition coefficient (Wildman–Crippen LogP) is 4.23. The van der Waals surface area contributed by atoms with E-state index in [-0.39, 0.29) is 5.56 Å². The molecule has 0 aliphatic rings. The summed E-state index contributed by atoms with van der Waals surface area (Å²) in [6.45, 7) is 0. The number of alkyl halides is 3. The number of esters is 1. The summed E-state index contributed by atoms with van der Waals surface area (Å²) in [5.41, 5.74) is 0.506. The first-order valence-electron chi connectivity index (χ1n) is 10.1. The number of hydrogen-bond acceptors (Lipinski definition) is 4. The third-order valence-electron chi connectivity index (χ3n) is 5.21. The third kappa shape index (κ3) is 5.78. The fraction of sp³-hybridized carbons (Fsp3) is 0.200. The number of hydrogen-bond donors (Lipinski definition) is 2. The number of carbonyl (C=O) groups excluding carboxylic acids is 2. The lowest BCUT2D eigenvalue weighted by Gasteiger charge is -2.28. The molecule has 0 radical (unpaired) electrons. The second kappa shape index (κ2) is 10.3. The van der Waals surface area contributed by atoms with E-state index in [0.717, 1.165) is 35.4 Å². The fourth-order valence-electron chi connectivity index (χ4n) is 3.54. The molecule has 2 N–H and O–H groups in total. The van der Waals surface area contributed by atoms with Crippen LogP contribution in [-0.4, -0.2) is 30.1 Å². The van der Waals surface area contributed by atoms with E-state index in [9.17, 15) is 27.9 Å². The Morgan fingerprint density at radius 2 is 1.30 bits per heavy atom. The lowest BCUT2D eigenvalue weighted by Crippen LogP contribution is -2.47. The van der Waals surface area contributed by atoms with Gasteiger partial charge in [-0.15, -0.1) is 0 Å². The molecular weight excluding hydrogens is 435 g/mol. The number of amides is 1. The van der Waals surface area contributed by atoms with E-state index in [0.29, 0.717) is 0 Å². The van der Waals surface area contributed by atoms with Gasteiger partial charge in [0.25, 0.3) is 5.91 Å². The molecule has 8 heteroatoms. The zero-order chi connectivity index (χ0) is 24.0. The van der Waals surface area contributed by atoms with Crippen LogP contribution in [0.1, 0.15) is 34.3 Å². The van der Waals surface area contributed by atoms with Gasteiger partial charge in [0.05, 0.1) is 12.7 Å². The molecule has 0 fully saturated rings. The molecule has 0 heterocycles. The summed E-state index contributed by atoms with van der Waals surface area (Å²) in [5, 5.41) is 13.0. The molecule has 0 unspecified atom stereocenters. The maximum Gasteiger partial charge on any atom is 0.416 e. The van der Waals surface area contributed by atoms with Gasteiger partial charge < -0.3 is 15.2 Å². The van der Waals surface area contributed by atoms with Crippen molar-refractivity contribution in [2.24, 2.45) is 0 Å². The van der Waals surface area contributed by atoms with Crippen LogP contribution in [0.2, 0.25) is 0 Å². The number of benzene rings is 3. The summed E-state index contributed by atoms with van der Waals surface area (Å²) >= 11 is 0. The van der Waals surface area contributed by atoms with Crippen LogP contribution in [0, 0.1) is 0 Å². The van der Waals surface area contributed by atoms with Crippen molar-refractivity contribution in [2.75, 3.05) is 7.11 Å². The van der Waals surface area contributed by atoms with Gasteiger partial charge in [0.15, 0.2) is 6.10 Å². The SMILES string of the molecule is COC(=O)[C@H](NC(=O)[C@@H](O)c1ccc(C(F)(F)F)cc1)C(c1ccccc1)c1ccccc1. The van der Waals surface area contributed by atoms with Crippen molar-refractivity contribution in [3.05, 3.63) is 107 Å². The van der Waals surface area contributed by atoms with Crippen molar-refractivity contribution >= 4 is 11.9 Å². The standard InChI is InChI=1S/C25H22F3NO4/c1-33-24(32)21(20(16-8-4-2-5-9-16)17-10-6-3-7-11-17)29-23(31)22(30)18-12-14-19(15-13-18)25(26,27)28/h2-15,20-22,30H,1H3,(H,29,31)/t21-,22+/m1/s1. The number of ether oxygens (including phenoxy) is 1. The summed E-state index contributed by atoms with van der Waals surface area (Å²) in [6.07, 6.45) is -6.33. The van der Waals surface area contributed by atoms with Crippen LogP contribution in [0.4, 0.5) is 13.2 Å². The molecule has 33 heavy (non-hydrogen) atoms. The van der Waals surface area contributed by atoms with Crippen molar-refractivity contribution in [1.29, 1.82) is 0 Å².